The van der Waals surface area contributed by atoms with Gasteiger partial charge < -0.3 is 15.0 Å². The van der Waals surface area contributed by atoms with Crippen molar-refractivity contribution in [2.24, 2.45) is 0 Å². The second-order valence-corrected chi connectivity index (χ2v) is 7.39. The molecule has 0 spiro atoms. The summed E-state index contributed by atoms with van der Waals surface area (Å²) in [5.74, 6) is 0.590. The van der Waals surface area contributed by atoms with E-state index in [4.69, 9.17) is 4.74 Å². The maximum atomic E-state index is 5.43. The number of hydrogen-bond acceptors (Lipinski definition) is 7. The Balaban J connectivity index is 1.56. The zero-order valence-corrected chi connectivity index (χ0v) is 15.7. The normalized spacial score (nSPS) is 14.5. The number of rotatable bonds is 4. The van der Waals surface area contributed by atoms with Crippen molar-refractivity contribution in [3.05, 3.63) is 47.2 Å². The van der Waals surface area contributed by atoms with E-state index in [1.54, 1.807) is 17.5 Å². The van der Waals surface area contributed by atoms with Crippen LogP contribution in [-0.2, 0) is 4.74 Å². The van der Waals surface area contributed by atoms with Crippen LogP contribution in [0.5, 0.6) is 0 Å². The van der Waals surface area contributed by atoms with Crippen LogP contribution in [-0.4, -0.2) is 41.3 Å². The van der Waals surface area contributed by atoms with Gasteiger partial charge in [0.2, 0.25) is 5.95 Å². The molecular weight excluding hydrogens is 346 g/mol. The van der Waals surface area contributed by atoms with Crippen molar-refractivity contribution < 1.29 is 4.74 Å². The molecule has 4 rings (SSSR count). The second-order valence-electron chi connectivity index (χ2n) is 6.19. The van der Waals surface area contributed by atoms with Gasteiger partial charge in [-0.15, -0.1) is 11.3 Å². The highest BCUT2D eigenvalue weighted by Gasteiger charge is 2.13. The summed E-state index contributed by atoms with van der Waals surface area (Å²) >= 11 is 1.66. The van der Waals surface area contributed by atoms with Gasteiger partial charge in [0.15, 0.2) is 0 Å². The number of aryl methyl sites for hydroxylation is 2. The summed E-state index contributed by atoms with van der Waals surface area (Å²) in [6.07, 6.45) is 1.78. The van der Waals surface area contributed by atoms with Crippen molar-refractivity contribution in [1.82, 2.24) is 15.0 Å². The minimum atomic E-state index is 0.590. The predicted octanol–water partition coefficient (Wildman–Crippen LogP) is 3.80. The van der Waals surface area contributed by atoms with Gasteiger partial charge in [0.05, 0.1) is 34.5 Å². The van der Waals surface area contributed by atoms with E-state index >= 15 is 0 Å². The molecule has 1 saturated heterocycles. The fourth-order valence-electron chi connectivity index (χ4n) is 3.05. The highest BCUT2D eigenvalue weighted by molar-refractivity contribution is 7.15. The Labute approximate surface area is 156 Å². The topological polar surface area (TPSA) is 63.2 Å². The van der Waals surface area contributed by atoms with Crippen LogP contribution in [0.4, 0.5) is 17.3 Å². The molecule has 134 valence electrons. The second kappa shape index (κ2) is 7.39. The SMILES string of the molecule is Cc1nc(C)c(-c2ccnc(Nc3cccc(N4CCOCC4)c3)n2)s1. The van der Waals surface area contributed by atoms with Crippen molar-refractivity contribution in [2.75, 3.05) is 36.5 Å². The first kappa shape index (κ1) is 16.9. The average molecular weight is 367 g/mol. The van der Waals surface area contributed by atoms with Crippen molar-refractivity contribution >= 4 is 28.7 Å². The lowest BCUT2D eigenvalue weighted by atomic mass is 10.2. The maximum absolute atomic E-state index is 5.43. The molecule has 26 heavy (non-hydrogen) atoms. The van der Waals surface area contributed by atoms with Gasteiger partial charge in [-0.1, -0.05) is 6.07 Å². The van der Waals surface area contributed by atoms with Crippen molar-refractivity contribution in [1.29, 1.82) is 0 Å². The lowest BCUT2D eigenvalue weighted by Gasteiger charge is -2.29. The Morgan fingerprint density at radius 1 is 1.12 bits per heavy atom. The fourth-order valence-corrected chi connectivity index (χ4v) is 3.93. The summed E-state index contributed by atoms with van der Waals surface area (Å²) in [6.45, 7) is 7.41. The number of nitrogens with one attached hydrogen (secondary N) is 1. The lowest BCUT2D eigenvalue weighted by molar-refractivity contribution is 0.122. The van der Waals surface area contributed by atoms with Gasteiger partial charge in [0, 0.05) is 30.7 Å². The van der Waals surface area contributed by atoms with Gasteiger partial charge in [-0.2, -0.15) is 0 Å². The van der Waals surface area contributed by atoms with Crippen LogP contribution in [0.15, 0.2) is 36.5 Å². The smallest absolute Gasteiger partial charge is 0.227 e. The molecule has 7 heteroatoms. The molecule has 6 nitrogen and oxygen atoms in total. The molecule has 2 aromatic heterocycles. The Morgan fingerprint density at radius 2 is 1.96 bits per heavy atom. The number of ether oxygens (including phenoxy) is 1. The van der Waals surface area contributed by atoms with Crippen molar-refractivity contribution in [3.8, 4) is 10.6 Å². The Kier molecular flexibility index (Phi) is 4.81. The quantitative estimate of drug-likeness (QED) is 0.757. The molecule has 1 fully saturated rings. The molecule has 1 aromatic carbocycles. The van der Waals surface area contributed by atoms with Gasteiger partial charge >= 0.3 is 0 Å². The average Bonchev–Trinajstić information content (AvgIpc) is 3.01. The molecule has 3 heterocycles. The van der Waals surface area contributed by atoms with Crippen LogP contribution >= 0.6 is 11.3 Å². The van der Waals surface area contributed by atoms with E-state index in [0.29, 0.717) is 5.95 Å². The Hall–Kier alpha value is -2.51. The molecule has 0 unspecified atom stereocenters. The number of thiazole rings is 1. The first-order valence-electron chi connectivity index (χ1n) is 8.66. The largest absolute Gasteiger partial charge is 0.378 e. The zero-order valence-electron chi connectivity index (χ0n) is 14.9. The Morgan fingerprint density at radius 3 is 2.73 bits per heavy atom. The molecule has 3 aromatic rings. The highest BCUT2D eigenvalue weighted by atomic mass is 32.1. The molecule has 1 N–H and O–H groups in total. The number of benzene rings is 1. The van der Waals surface area contributed by atoms with Crippen LogP contribution in [0.3, 0.4) is 0 Å². The van der Waals surface area contributed by atoms with E-state index in [2.05, 4.69) is 37.3 Å². The lowest BCUT2D eigenvalue weighted by Crippen LogP contribution is -2.36. The van der Waals surface area contributed by atoms with E-state index in [-0.39, 0.29) is 0 Å². The molecule has 0 aliphatic carbocycles. The molecule has 0 saturated carbocycles. The number of anilines is 3. The van der Waals surface area contributed by atoms with Gasteiger partial charge in [0.1, 0.15) is 0 Å². The molecule has 1 aliphatic heterocycles. The standard InChI is InChI=1S/C19H21N5OS/c1-13-18(26-14(2)21-13)17-6-7-20-19(23-17)22-15-4-3-5-16(12-15)24-8-10-25-11-9-24/h3-7,12H,8-11H2,1-2H3,(H,20,22,23). The summed E-state index contributed by atoms with van der Waals surface area (Å²) in [4.78, 5) is 16.9. The third kappa shape index (κ3) is 3.68. The fraction of sp³-hybridized carbons (Fsp3) is 0.316. The summed E-state index contributed by atoms with van der Waals surface area (Å²) in [5, 5.41) is 4.37. The first-order chi connectivity index (χ1) is 12.7. The van der Waals surface area contributed by atoms with E-state index in [1.165, 1.54) is 5.69 Å². The van der Waals surface area contributed by atoms with Crippen LogP contribution in [0.1, 0.15) is 10.7 Å². The summed E-state index contributed by atoms with van der Waals surface area (Å²) in [7, 11) is 0. The summed E-state index contributed by atoms with van der Waals surface area (Å²) in [5.41, 5.74) is 4.06. The Bertz CT molecular complexity index is 904. The minimum absolute atomic E-state index is 0.590. The predicted molar refractivity (Wildman–Crippen MR) is 105 cm³/mol. The van der Waals surface area contributed by atoms with E-state index in [0.717, 1.165) is 53.3 Å². The molecule has 0 atom stereocenters. The molecule has 0 amide bonds. The van der Waals surface area contributed by atoms with Crippen molar-refractivity contribution in [2.45, 2.75) is 13.8 Å². The van der Waals surface area contributed by atoms with E-state index in [9.17, 15) is 0 Å². The number of hydrogen-bond donors (Lipinski definition) is 1. The minimum Gasteiger partial charge on any atom is -0.378 e. The highest BCUT2D eigenvalue weighted by Crippen LogP contribution is 2.29. The van der Waals surface area contributed by atoms with Gasteiger partial charge in [0.25, 0.3) is 0 Å². The van der Waals surface area contributed by atoms with Crippen LogP contribution < -0.4 is 10.2 Å². The van der Waals surface area contributed by atoms with E-state index < -0.39 is 0 Å². The monoisotopic (exact) mass is 367 g/mol. The van der Waals surface area contributed by atoms with Crippen LogP contribution in [0.25, 0.3) is 10.6 Å². The van der Waals surface area contributed by atoms with Crippen LogP contribution in [0.2, 0.25) is 0 Å². The maximum Gasteiger partial charge on any atom is 0.227 e. The third-order valence-electron chi connectivity index (χ3n) is 4.27. The first-order valence-corrected chi connectivity index (χ1v) is 9.48. The molecule has 0 radical (unpaired) electrons. The zero-order chi connectivity index (χ0) is 17.9. The van der Waals surface area contributed by atoms with E-state index in [1.807, 2.05) is 32.0 Å². The number of aromatic nitrogens is 3. The molecule has 0 bridgehead atoms. The number of nitrogens with zero attached hydrogens (tertiary/aromatic N) is 4. The summed E-state index contributed by atoms with van der Waals surface area (Å²) in [6, 6.07) is 10.3. The number of morpholine rings is 1. The van der Waals surface area contributed by atoms with Gasteiger partial charge in [-0.25, -0.2) is 15.0 Å². The van der Waals surface area contributed by atoms with Gasteiger partial charge in [-0.3, -0.25) is 0 Å². The van der Waals surface area contributed by atoms with Gasteiger partial charge in [-0.05, 0) is 38.1 Å². The summed E-state index contributed by atoms with van der Waals surface area (Å²) < 4.78 is 5.43. The van der Waals surface area contributed by atoms with Crippen molar-refractivity contribution in [3.63, 3.8) is 0 Å². The van der Waals surface area contributed by atoms with Crippen LogP contribution in [0, 0.1) is 13.8 Å². The third-order valence-corrected chi connectivity index (χ3v) is 5.37. The molecule has 1 aliphatic rings. The molecular formula is C19H21N5OS.